The van der Waals surface area contributed by atoms with Crippen LogP contribution in [-0.4, -0.2) is 11.1 Å². The monoisotopic (exact) mass is 227 g/mol. The summed E-state index contributed by atoms with van der Waals surface area (Å²) in [5.74, 6) is -0.497. The first-order chi connectivity index (χ1) is 8.24. The summed E-state index contributed by atoms with van der Waals surface area (Å²) >= 11 is 0. The molecule has 1 aromatic rings. The van der Waals surface area contributed by atoms with Crippen LogP contribution in [0.15, 0.2) is 41.0 Å². The van der Waals surface area contributed by atoms with E-state index in [-0.39, 0.29) is 12.3 Å². The van der Waals surface area contributed by atoms with E-state index >= 15 is 0 Å². The molecule has 1 aliphatic carbocycles. The minimum absolute atomic E-state index is 0.215. The molecule has 1 heterocycles. The zero-order valence-electron chi connectivity index (χ0n) is 9.39. The third-order valence-electron chi connectivity index (χ3n) is 3.38. The summed E-state index contributed by atoms with van der Waals surface area (Å²) in [5, 5.41) is 11.0. The van der Waals surface area contributed by atoms with Crippen molar-refractivity contribution >= 4 is 11.5 Å². The molecule has 0 fully saturated rings. The summed E-state index contributed by atoms with van der Waals surface area (Å²) in [4.78, 5) is 15.3. The average molecular weight is 227 g/mol. The Morgan fingerprint density at radius 1 is 1.41 bits per heavy atom. The van der Waals surface area contributed by atoms with Gasteiger partial charge in [-0.05, 0) is 30.4 Å². The number of hydrogen-bond donors (Lipinski definition) is 1. The number of allylic oxidation sites excluding steroid dienone is 2. The van der Waals surface area contributed by atoms with Crippen molar-refractivity contribution in [1.82, 2.24) is 0 Å². The van der Waals surface area contributed by atoms with Crippen LogP contribution in [0.1, 0.15) is 19.3 Å². The molecule has 1 N–H and O–H groups in total. The Bertz CT molecular complexity index is 628. The summed E-state index contributed by atoms with van der Waals surface area (Å²) in [6.45, 7) is 0. The van der Waals surface area contributed by atoms with Crippen molar-refractivity contribution in [2.45, 2.75) is 19.3 Å². The zero-order valence-corrected chi connectivity index (χ0v) is 9.39. The highest BCUT2D eigenvalue weighted by atomic mass is 16.4. The number of carboxylic acids is 1. The molecule has 3 nitrogen and oxygen atoms in total. The lowest BCUT2D eigenvalue weighted by Gasteiger charge is -2.19. The van der Waals surface area contributed by atoms with Crippen LogP contribution in [0.4, 0.5) is 0 Å². The van der Waals surface area contributed by atoms with Gasteiger partial charge in [-0.15, -0.1) is 0 Å². The molecule has 0 radical (unpaired) electrons. The predicted molar refractivity (Wildman–Crippen MR) is 63.7 cm³/mol. The Hall–Kier alpha value is -1.90. The fourth-order valence-corrected chi connectivity index (χ4v) is 2.60. The van der Waals surface area contributed by atoms with E-state index in [1.165, 1.54) is 10.8 Å². The topological polar surface area (TPSA) is 49.7 Å². The van der Waals surface area contributed by atoms with Gasteiger partial charge in [0.05, 0.1) is 11.1 Å². The maximum atomic E-state index is 10.8. The Morgan fingerprint density at radius 3 is 3.06 bits per heavy atom. The largest absolute Gasteiger partial charge is 0.481 e. The van der Waals surface area contributed by atoms with Crippen LogP contribution >= 0.6 is 0 Å². The number of benzene rings is 1. The van der Waals surface area contributed by atoms with Gasteiger partial charge in [-0.25, -0.2) is 4.99 Å². The molecule has 1 unspecified atom stereocenters. The van der Waals surface area contributed by atoms with Crippen molar-refractivity contribution in [3.05, 3.63) is 46.6 Å². The third kappa shape index (κ3) is 1.78. The van der Waals surface area contributed by atoms with Crippen LogP contribution in [0.3, 0.4) is 0 Å². The number of nitrogens with zero attached hydrogens (tertiary/aromatic N) is 1. The molecule has 0 amide bonds. The number of hydrogen-bond acceptors (Lipinski definition) is 2. The molecule has 0 aromatic heterocycles. The molecule has 3 rings (SSSR count). The SMILES string of the molecule is O=C(O)CC1CC=C2N=c3ccccc3=C2C1. The van der Waals surface area contributed by atoms with E-state index < -0.39 is 5.97 Å². The zero-order chi connectivity index (χ0) is 11.8. The molecule has 1 aliphatic heterocycles. The van der Waals surface area contributed by atoms with Gasteiger partial charge in [0, 0.05) is 11.6 Å². The molecular formula is C14H13NO2. The van der Waals surface area contributed by atoms with E-state index in [0.717, 1.165) is 23.9 Å². The maximum Gasteiger partial charge on any atom is 0.303 e. The fourth-order valence-electron chi connectivity index (χ4n) is 2.60. The summed E-state index contributed by atoms with van der Waals surface area (Å²) in [5.41, 5.74) is 2.27. The van der Waals surface area contributed by atoms with Crippen molar-refractivity contribution < 1.29 is 9.90 Å². The Morgan fingerprint density at radius 2 is 2.24 bits per heavy atom. The van der Waals surface area contributed by atoms with Gasteiger partial charge < -0.3 is 5.11 Å². The van der Waals surface area contributed by atoms with E-state index in [1.54, 1.807) is 0 Å². The van der Waals surface area contributed by atoms with E-state index in [0.29, 0.717) is 0 Å². The van der Waals surface area contributed by atoms with Crippen LogP contribution in [-0.2, 0) is 4.79 Å². The molecule has 3 heteroatoms. The van der Waals surface area contributed by atoms with Crippen LogP contribution in [0, 0.1) is 5.92 Å². The lowest BCUT2D eigenvalue weighted by molar-refractivity contribution is -0.138. The number of fused-ring (bicyclic) bond motifs is 2. The third-order valence-corrected chi connectivity index (χ3v) is 3.38. The van der Waals surface area contributed by atoms with Gasteiger partial charge in [-0.3, -0.25) is 4.79 Å². The van der Waals surface area contributed by atoms with Crippen molar-refractivity contribution in [3.63, 3.8) is 0 Å². The van der Waals surface area contributed by atoms with Crippen molar-refractivity contribution in [2.24, 2.45) is 10.9 Å². The summed E-state index contributed by atoms with van der Waals surface area (Å²) < 4.78 is 0. The smallest absolute Gasteiger partial charge is 0.303 e. The lowest BCUT2D eigenvalue weighted by Crippen LogP contribution is -2.23. The standard InChI is InChI=1S/C14H13NO2/c16-14(17)8-9-5-6-13-11(7-9)10-3-1-2-4-12(10)15-13/h1-4,6,9H,5,7-8H2,(H,16,17). The van der Waals surface area contributed by atoms with Crippen LogP contribution < -0.4 is 10.6 Å². The van der Waals surface area contributed by atoms with Gasteiger partial charge in [0.1, 0.15) is 0 Å². The van der Waals surface area contributed by atoms with Gasteiger partial charge in [-0.1, -0.05) is 24.3 Å². The summed E-state index contributed by atoms with van der Waals surface area (Å²) in [7, 11) is 0. The van der Waals surface area contributed by atoms with Crippen LogP contribution in [0.25, 0.3) is 5.57 Å². The highest BCUT2D eigenvalue weighted by molar-refractivity contribution is 5.70. The normalized spacial score (nSPS) is 21.3. The predicted octanol–water partition coefficient (Wildman–Crippen LogP) is 1.24. The quantitative estimate of drug-likeness (QED) is 0.826. The van der Waals surface area contributed by atoms with Gasteiger partial charge in [0.25, 0.3) is 0 Å². The number of rotatable bonds is 2. The minimum atomic E-state index is -0.712. The maximum absolute atomic E-state index is 10.8. The molecule has 0 saturated heterocycles. The van der Waals surface area contributed by atoms with Gasteiger partial charge in [-0.2, -0.15) is 0 Å². The van der Waals surface area contributed by atoms with Crippen LogP contribution in [0.5, 0.6) is 0 Å². The molecule has 17 heavy (non-hydrogen) atoms. The molecule has 0 saturated carbocycles. The molecule has 1 aromatic carbocycles. The average Bonchev–Trinajstić information content (AvgIpc) is 2.66. The number of aliphatic carboxylic acids is 1. The number of carbonyl (C=O) groups is 1. The lowest BCUT2D eigenvalue weighted by atomic mass is 9.86. The van der Waals surface area contributed by atoms with Gasteiger partial charge in [0.2, 0.25) is 0 Å². The molecule has 1 atom stereocenters. The van der Waals surface area contributed by atoms with Crippen molar-refractivity contribution in [3.8, 4) is 0 Å². The Balaban J connectivity index is 2.03. The summed E-state index contributed by atoms with van der Waals surface area (Å²) in [6.07, 6.45) is 3.98. The minimum Gasteiger partial charge on any atom is -0.481 e. The first kappa shape index (κ1) is 10.3. The first-order valence-electron chi connectivity index (χ1n) is 5.83. The van der Waals surface area contributed by atoms with E-state index in [9.17, 15) is 4.79 Å². The highest BCUT2D eigenvalue weighted by Crippen LogP contribution is 2.32. The highest BCUT2D eigenvalue weighted by Gasteiger charge is 2.23. The molecule has 0 bridgehead atoms. The van der Waals surface area contributed by atoms with Crippen LogP contribution in [0.2, 0.25) is 0 Å². The van der Waals surface area contributed by atoms with Crippen molar-refractivity contribution in [2.75, 3.05) is 0 Å². The Kier molecular flexibility index (Phi) is 2.32. The Labute approximate surface area is 98.8 Å². The number of para-hydroxylation sites is 1. The van der Waals surface area contributed by atoms with E-state index in [2.05, 4.69) is 17.1 Å². The first-order valence-corrected chi connectivity index (χ1v) is 5.83. The fraction of sp³-hybridized carbons (Fsp3) is 0.286. The second kappa shape index (κ2) is 3.84. The number of carboxylic acid groups (broad SMARTS) is 1. The van der Waals surface area contributed by atoms with E-state index in [1.807, 2.05) is 18.2 Å². The second-order valence-electron chi connectivity index (χ2n) is 4.60. The second-order valence-corrected chi connectivity index (χ2v) is 4.60. The van der Waals surface area contributed by atoms with E-state index in [4.69, 9.17) is 5.11 Å². The molecule has 86 valence electrons. The van der Waals surface area contributed by atoms with Gasteiger partial charge >= 0.3 is 5.97 Å². The van der Waals surface area contributed by atoms with Crippen molar-refractivity contribution in [1.29, 1.82) is 0 Å². The molecule has 0 spiro atoms. The summed E-state index contributed by atoms with van der Waals surface area (Å²) in [6, 6.07) is 8.06. The molecule has 2 aliphatic rings. The van der Waals surface area contributed by atoms with Gasteiger partial charge in [0.15, 0.2) is 0 Å². The molecular weight excluding hydrogens is 214 g/mol.